The first kappa shape index (κ1) is 17.8. The van der Waals surface area contributed by atoms with Gasteiger partial charge in [0, 0.05) is 28.1 Å². The lowest BCUT2D eigenvalue weighted by Gasteiger charge is -2.36. The van der Waals surface area contributed by atoms with E-state index < -0.39 is 5.60 Å². The van der Waals surface area contributed by atoms with Crippen molar-refractivity contribution in [2.45, 2.75) is 12.5 Å². The molecule has 31 heavy (non-hydrogen) atoms. The summed E-state index contributed by atoms with van der Waals surface area (Å²) in [6.45, 7) is 2.07. The van der Waals surface area contributed by atoms with Crippen LogP contribution in [0.15, 0.2) is 91.0 Å². The second-order valence-corrected chi connectivity index (χ2v) is 7.87. The van der Waals surface area contributed by atoms with Crippen LogP contribution in [0.1, 0.15) is 32.6 Å². The van der Waals surface area contributed by atoms with Gasteiger partial charge in [0.1, 0.15) is 11.5 Å². The number of hydrogen-bond donors (Lipinski definition) is 1. The molecule has 0 bridgehead atoms. The average molecular weight is 405 g/mol. The number of fused-ring (bicyclic) bond motifs is 6. The van der Waals surface area contributed by atoms with Gasteiger partial charge < -0.3 is 14.8 Å². The molecule has 4 aromatic rings. The summed E-state index contributed by atoms with van der Waals surface area (Å²) in [5.74, 6) is 1.05. The van der Waals surface area contributed by atoms with Crippen molar-refractivity contribution in [3.05, 3.63) is 119 Å². The largest absolute Gasteiger partial charge is 0.456 e. The molecule has 4 aromatic carbocycles. The molecule has 1 unspecified atom stereocenters. The van der Waals surface area contributed by atoms with E-state index in [2.05, 4.69) is 18.3 Å². The summed E-state index contributed by atoms with van der Waals surface area (Å²) in [5, 5.41) is 3.49. The van der Waals surface area contributed by atoms with Crippen molar-refractivity contribution in [2.75, 3.05) is 5.32 Å². The van der Waals surface area contributed by atoms with Crippen LogP contribution in [0, 0.1) is 6.92 Å². The Morgan fingerprint density at radius 2 is 1.45 bits per heavy atom. The van der Waals surface area contributed by atoms with Gasteiger partial charge >= 0.3 is 5.97 Å². The Morgan fingerprint density at radius 3 is 2.32 bits per heavy atom. The quantitative estimate of drug-likeness (QED) is 0.397. The zero-order valence-electron chi connectivity index (χ0n) is 16.9. The van der Waals surface area contributed by atoms with E-state index in [9.17, 15) is 4.79 Å². The van der Waals surface area contributed by atoms with Gasteiger partial charge in [-0.2, -0.15) is 0 Å². The minimum atomic E-state index is -1.04. The van der Waals surface area contributed by atoms with E-state index in [1.807, 2.05) is 84.9 Å². The van der Waals surface area contributed by atoms with Crippen molar-refractivity contribution < 1.29 is 14.3 Å². The van der Waals surface area contributed by atoms with Crippen LogP contribution in [0.3, 0.4) is 0 Å². The van der Waals surface area contributed by atoms with Crippen LogP contribution in [0.25, 0.3) is 0 Å². The number of aryl methyl sites for hydroxylation is 1. The summed E-state index contributed by atoms with van der Waals surface area (Å²) >= 11 is 0. The summed E-state index contributed by atoms with van der Waals surface area (Å²) in [7, 11) is 0. The number of rotatable bonds is 2. The fourth-order valence-corrected chi connectivity index (χ4v) is 4.57. The zero-order valence-corrected chi connectivity index (χ0v) is 16.9. The first-order valence-electron chi connectivity index (χ1n) is 10.2. The van der Waals surface area contributed by atoms with E-state index in [-0.39, 0.29) is 5.97 Å². The van der Waals surface area contributed by atoms with Crippen LogP contribution in [0.5, 0.6) is 11.5 Å². The van der Waals surface area contributed by atoms with Crippen molar-refractivity contribution in [2.24, 2.45) is 0 Å². The van der Waals surface area contributed by atoms with Crippen molar-refractivity contribution in [3.8, 4) is 11.5 Å². The lowest BCUT2D eigenvalue weighted by Crippen LogP contribution is -2.33. The molecule has 0 aromatic heterocycles. The molecule has 0 saturated carbocycles. The standard InChI is InChI=1S/C27H19NO3/c1-17-8-2-6-12-23(17)28-18-14-15-25-22(16-18)27(21-11-5-7-13-24(21)30-25)20-10-4-3-9-19(20)26(29)31-27/h2-16,28H,1H3. The molecule has 4 nitrogen and oxygen atoms in total. The highest BCUT2D eigenvalue weighted by Crippen LogP contribution is 2.56. The van der Waals surface area contributed by atoms with Crippen LogP contribution >= 0.6 is 0 Å². The number of anilines is 2. The molecule has 2 heterocycles. The molecule has 2 aliphatic heterocycles. The predicted octanol–water partition coefficient (Wildman–Crippen LogP) is 6.31. The number of ether oxygens (including phenoxy) is 2. The van der Waals surface area contributed by atoms with Crippen molar-refractivity contribution in [1.82, 2.24) is 0 Å². The van der Waals surface area contributed by atoms with E-state index in [4.69, 9.17) is 9.47 Å². The van der Waals surface area contributed by atoms with Gasteiger partial charge in [0.2, 0.25) is 0 Å². The third-order valence-electron chi connectivity index (χ3n) is 6.04. The summed E-state index contributed by atoms with van der Waals surface area (Å²) in [4.78, 5) is 12.9. The fourth-order valence-electron chi connectivity index (χ4n) is 4.57. The molecule has 0 aliphatic carbocycles. The Morgan fingerprint density at radius 1 is 0.742 bits per heavy atom. The number of carbonyl (C=O) groups excluding carboxylic acids is 1. The molecular formula is C27H19NO3. The van der Waals surface area contributed by atoms with E-state index >= 15 is 0 Å². The van der Waals surface area contributed by atoms with Crippen LogP contribution in [0.2, 0.25) is 0 Å². The molecule has 1 spiro atoms. The number of carbonyl (C=O) groups is 1. The number of benzene rings is 4. The van der Waals surface area contributed by atoms with E-state index in [1.165, 1.54) is 0 Å². The molecule has 6 rings (SSSR count). The van der Waals surface area contributed by atoms with Crippen LogP contribution in [-0.2, 0) is 10.3 Å². The van der Waals surface area contributed by atoms with E-state index in [0.29, 0.717) is 17.1 Å². The molecule has 0 radical (unpaired) electrons. The molecule has 4 heteroatoms. The van der Waals surface area contributed by atoms with Gasteiger partial charge in [0.05, 0.1) is 5.56 Å². The second kappa shape index (κ2) is 6.47. The van der Waals surface area contributed by atoms with Gasteiger partial charge in [-0.3, -0.25) is 0 Å². The van der Waals surface area contributed by atoms with Crippen LogP contribution in [0.4, 0.5) is 11.4 Å². The number of esters is 1. The molecule has 1 N–H and O–H groups in total. The van der Waals surface area contributed by atoms with Crippen molar-refractivity contribution in [3.63, 3.8) is 0 Å². The molecule has 0 fully saturated rings. The summed E-state index contributed by atoms with van der Waals surface area (Å²) < 4.78 is 12.4. The normalized spacial score (nSPS) is 17.9. The fraction of sp³-hybridized carbons (Fsp3) is 0.0741. The molecule has 0 saturated heterocycles. The third-order valence-corrected chi connectivity index (χ3v) is 6.04. The molecule has 150 valence electrons. The van der Waals surface area contributed by atoms with Crippen LogP contribution < -0.4 is 10.1 Å². The molecule has 1 atom stereocenters. The van der Waals surface area contributed by atoms with E-state index in [1.54, 1.807) is 0 Å². The maximum absolute atomic E-state index is 12.9. The highest BCUT2D eigenvalue weighted by atomic mass is 16.6. The maximum atomic E-state index is 12.9. The van der Waals surface area contributed by atoms with Gasteiger partial charge in [0.15, 0.2) is 5.60 Å². The second-order valence-electron chi connectivity index (χ2n) is 7.87. The topological polar surface area (TPSA) is 47.6 Å². The van der Waals surface area contributed by atoms with Gasteiger partial charge in [0.25, 0.3) is 0 Å². The lowest BCUT2D eigenvalue weighted by atomic mass is 9.77. The van der Waals surface area contributed by atoms with Crippen LogP contribution in [-0.4, -0.2) is 5.97 Å². The van der Waals surface area contributed by atoms with Crippen molar-refractivity contribution in [1.29, 1.82) is 0 Å². The Balaban J connectivity index is 1.58. The zero-order chi connectivity index (χ0) is 21.0. The summed E-state index contributed by atoms with van der Waals surface area (Å²) in [6.07, 6.45) is 0. The third kappa shape index (κ3) is 2.51. The highest BCUT2D eigenvalue weighted by molar-refractivity contribution is 5.97. The smallest absolute Gasteiger partial charge is 0.340 e. The van der Waals surface area contributed by atoms with Gasteiger partial charge in [-0.25, -0.2) is 4.79 Å². The molecule has 0 amide bonds. The van der Waals surface area contributed by atoms with Gasteiger partial charge in [-0.1, -0.05) is 54.6 Å². The molecular weight excluding hydrogens is 386 g/mol. The summed E-state index contributed by atoms with van der Waals surface area (Å²) in [5.41, 5.74) is 5.09. The first-order valence-corrected chi connectivity index (χ1v) is 10.2. The minimum Gasteiger partial charge on any atom is -0.456 e. The summed E-state index contributed by atoms with van der Waals surface area (Å²) in [6, 6.07) is 29.4. The molecule has 2 aliphatic rings. The van der Waals surface area contributed by atoms with E-state index in [0.717, 1.165) is 33.6 Å². The average Bonchev–Trinajstić information content (AvgIpc) is 3.09. The SMILES string of the molecule is Cc1ccccc1Nc1ccc2c(c1)C1(OC(=O)c3ccccc31)c1ccccc1O2. The Kier molecular flexibility index (Phi) is 3.71. The van der Waals surface area contributed by atoms with Crippen molar-refractivity contribution >= 4 is 17.3 Å². The Hall–Kier alpha value is -4.05. The first-order chi connectivity index (χ1) is 15.2. The minimum absolute atomic E-state index is 0.324. The number of para-hydroxylation sites is 2. The maximum Gasteiger partial charge on any atom is 0.340 e. The van der Waals surface area contributed by atoms with Gasteiger partial charge in [-0.15, -0.1) is 0 Å². The predicted molar refractivity (Wildman–Crippen MR) is 119 cm³/mol. The Bertz CT molecular complexity index is 1360. The Labute approximate surface area is 180 Å². The highest BCUT2D eigenvalue weighted by Gasteiger charge is 2.53. The van der Waals surface area contributed by atoms with Gasteiger partial charge in [-0.05, 0) is 48.9 Å². The monoisotopic (exact) mass is 405 g/mol. The number of nitrogens with one attached hydrogen (secondary N) is 1. The number of hydrogen-bond acceptors (Lipinski definition) is 4. The lowest BCUT2D eigenvalue weighted by molar-refractivity contribution is 0.0224.